The molecule has 0 aromatic heterocycles. The van der Waals surface area contributed by atoms with Crippen LogP contribution in [-0.2, 0) is 32.6 Å². The average molecular weight is 617 g/mol. The Kier molecular flexibility index (Phi) is 10.3. The first-order chi connectivity index (χ1) is 17.9. The van der Waals surface area contributed by atoms with Crippen molar-refractivity contribution in [1.29, 1.82) is 0 Å². The molecule has 0 aliphatic rings. The molecular weight excluding hydrogens is 592 g/mol. The van der Waals surface area contributed by atoms with E-state index in [0.29, 0.717) is 10.6 Å². The van der Waals surface area contributed by atoms with Crippen LogP contribution in [0.25, 0.3) is 0 Å². The quantitative estimate of drug-likeness (QED) is 0.328. The highest BCUT2D eigenvalue weighted by Crippen LogP contribution is 2.34. The minimum absolute atomic E-state index is 0.0180. The van der Waals surface area contributed by atoms with Crippen molar-refractivity contribution in [2.24, 2.45) is 0 Å². The molecule has 2 amide bonds. The number of carbonyl (C=O) groups is 2. The molecule has 3 rings (SSSR count). The summed E-state index contributed by atoms with van der Waals surface area (Å²) in [6, 6.07) is 17.6. The first-order valence-electron chi connectivity index (χ1n) is 11.3. The first-order valence-corrected chi connectivity index (χ1v) is 14.7. The summed E-state index contributed by atoms with van der Waals surface area (Å²) in [4.78, 5) is 28.3. The highest BCUT2D eigenvalue weighted by molar-refractivity contribution is 7.92. The van der Waals surface area contributed by atoms with Crippen LogP contribution in [0.3, 0.4) is 0 Å². The van der Waals surface area contributed by atoms with Gasteiger partial charge in [0.1, 0.15) is 12.6 Å². The summed E-state index contributed by atoms with van der Waals surface area (Å²) in [7, 11) is -2.51. The smallest absolute Gasteiger partial charge is 0.244 e. The van der Waals surface area contributed by atoms with E-state index in [2.05, 4.69) is 5.32 Å². The van der Waals surface area contributed by atoms with Crippen molar-refractivity contribution < 1.29 is 18.0 Å². The Morgan fingerprint density at radius 1 is 0.868 bits per heavy atom. The van der Waals surface area contributed by atoms with Crippen LogP contribution in [0.2, 0.25) is 20.1 Å². The SMILES string of the molecule is CNC(=O)C(Cc1ccccc1)N(Cc1ccc(Cl)c(Cl)c1)C(=O)CN(c1cccc(Cl)c1Cl)S(C)(=O)=O. The van der Waals surface area contributed by atoms with Gasteiger partial charge in [0.05, 0.1) is 32.0 Å². The molecule has 0 saturated heterocycles. The molecule has 0 bridgehead atoms. The molecule has 0 aliphatic heterocycles. The predicted octanol–water partition coefficient (Wildman–Crippen LogP) is 5.45. The van der Waals surface area contributed by atoms with Crippen LogP contribution in [-0.4, -0.2) is 51.0 Å². The lowest BCUT2D eigenvalue weighted by Gasteiger charge is -2.33. The molecule has 0 heterocycles. The summed E-state index contributed by atoms with van der Waals surface area (Å²) in [5.41, 5.74) is 1.45. The van der Waals surface area contributed by atoms with Crippen molar-refractivity contribution in [3.63, 3.8) is 0 Å². The van der Waals surface area contributed by atoms with Gasteiger partial charge in [-0.2, -0.15) is 0 Å². The molecule has 1 unspecified atom stereocenters. The molecule has 0 spiro atoms. The van der Waals surface area contributed by atoms with Crippen molar-refractivity contribution in [2.45, 2.75) is 19.0 Å². The van der Waals surface area contributed by atoms with Gasteiger partial charge in [-0.15, -0.1) is 0 Å². The third kappa shape index (κ3) is 7.55. The van der Waals surface area contributed by atoms with Gasteiger partial charge in [-0.05, 0) is 35.4 Å². The van der Waals surface area contributed by atoms with E-state index in [-0.39, 0.29) is 33.7 Å². The molecule has 3 aromatic carbocycles. The van der Waals surface area contributed by atoms with Gasteiger partial charge < -0.3 is 10.2 Å². The van der Waals surface area contributed by atoms with Crippen LogP contribution in [0.5, 0.6) is 0 Å². The van der Waals surface area contributed by atoms with Crippen molar-refractivity contribution >= 4 is 73.9 Å². The number of nitrogens with one attached hydrogen (secondary N) is 1. The number of anilines is 1. The van der Waals surface area contributed by atoms with Gasteiger partial charge in [0, 0.05) is 20.0 Å². The fourth-order valence-corrected chi connectivity index (χ4v) is 5.46. The number of hydrogen-bond donors (Lipinski definition) is 1. The van der Waals surface area contributed by atoms with Crippen molar-refractivity contribution in [3.8, 4) is 0 Å². The lowest BCUT2D eigenvalue weighted by Crippen LogP contribution is -2.52. The molecule has 12 heteroatoms. The number of benzene rings is 3. The number of hydrogen-bond acceptors (Lipinski definition) is 4. The topological polar surface area (TPSA) is 86.8 Å². The minimum Gasteiger partial charge on any atom is -0.357 e. The Morgan fingerprint density at radius 3 is 2.16 bits per heavy atom. The number of likely N-dealkylation sites (N-methyl/N-ethyl adjacent to an activating group) is 1. The van der Waals surface area contributed by atoms with Gasteiger partial charge >= 0.3 is 0 Å². The summed E-state index contributed by atoms with van der Waals surface area (Å²) in [6.45, 7) is -0.663. The Hall–Kier alpha value is -2.49. The fourth-order valence-electron chi connectivity index (χ4n) is 3.84. The van der Waals surface area contributed by atoms with E-state index < -0.39 is 34.4 Å². The Bertz CT molecular complexity index is 1420. The normalized spacial score (nSPS) is 12.1. The molecule has 7 nitrogen and oxygen atoms in total. The van der Waals surface area contributed by atoms with Crippen LogP contribution in [0, 0.1) is 0 Å². The number of carbonyl (C=O) groups excluding carboxylic acids is 2. The van der Waals surface area contributed by atoms with Gasteiger partial charge in [0.2, 0.25) is 21.8 Å². The molecule has 202 valence electrons. The molecule has 38 heavy (non-hydrogen) atoms. The van der Waals surface area contributed by atoms with E-state index in [4.69, 9.17) is 46.4 Å². The Balaban J connectivity index is 2.07. The lowest BCUT2D eigenvalue weighted by molar-refractivity contribution is -0.139. The maximum Gasteiger partial charge on any atom is 0.244 e. The Morgan fingerprint density at radius 2 is 1.55 bits per heavy atom. The number of nitrogens with zero attached hydrogens (tertiary/aromatic N) is 2. The number of amides is 2. The van der Waals surface area contributed by atoms with E-state index in [1.165, 1.54) is 30.1 Å². The maximum absolute atomic E-state index is 13.9. The van der Waals surface area contributed by atoms with Gasteiger partial charge in [-0.3, -0.25) is 13.9 Å². The van der Waals surface area contributed by atoms with Crippen LogP contribution < -0.4 is 9.62 Å². The summed E-state index contributed by atoms with van der Waals surface area (Å²) < 4.78 is 26.4. The summed E-state index contributed by atoms with van der Waals surface area (Å²) in [5.74, 6) is -1.06. The monoisotopic (exact) mass is 615 g/mol. The maximum atomic E-state index is 13.9. The number of halogens is 4. The van der Waals surface area contributed by atoms with E-state index in [0.717, 1.165) is 16.1 Å². The second-order valence-corrected chi connectivity index (χ2v) is 11.9. The van der Waals surface area contributed by atoms with Gasteiger partial charge in [-0.1, -0.05) is 88.9 Å². The van der Waals surface area contributed by atoms with Crippen molar-refractivity contribution in [2.75, 3.05) is 24.2 Å². The zero-order valence-electron chi connectivity index (χ0n) is 20.5. The van der Waals surface area contributed by atoms with Crippen LogP contribution >= 0.6 is 46.4 Å². The van der Waals surface area contributed by atoms with E-state index in [9.17, 15) is 18.0 Å². The van der Waals surface area contributed by atoms with E-state index in [1.807, 2.05) is 30.3 Å². The van der Waals surface area contributed by atoms with Crippen molar-refractivity contribution in [1.82, 2.24) is 10.2 Å². The Labute approximate surface area is 242 Å². The molecule has 0 fully saturated rings. The number of sulfonamides is 1. The lowest BCUT2D eigenvalue weighted by atomic mass is 10.0. The summed E-state index contributed by atoms with van der Waals surface area (Å²) in [6.07, 6.45) is 1.14. The highest BCUT2D eigenvalue weighted by atomic mass is 35.5. The van der Waals surface area contributed by atoms with E-state index >= 15 is 0 Å². The van der Waals surface area contributed by atoms with Crippen molar-refractivity contribution in [3.05, 3.63) is 97.9 Å². The van der Waals surface area contributed by atoms with Crippen LogP contribution in [0.4, 0.5) is 5.69 Å². The zero-order valence-corrected chi connectivity index (χ0v) is 24.3. The summed E-state index contributed by atoms with van der Waals surface area (Å²) >= 11 is 24.7. The standard InChI is InChI=1S/C26H25Cl4N3O4S/c1-31-26(35)23(14-17-7-4-3-5-8-17)32(15-18-11-12-19(27)21(29)13-18)24(34)16-33(38(2,36)37)22-10-6-9-20(28)25(22)30/h3-13,23H,14-16H2,1-2H3,(H,31,35). The molecule has 0 radical (unpaired) electrons. The molecular formula is C26H25Cl4N3O4S. The first kappa shape index (κ1) is 30.1. The highest BCUT2D eigenvalue weighted by Gasteiger charge is 2.33. The number of rotatable bonds is 10. The van der Waals surface area contributed by atoms with Gasteiger partial charge in [0.25, 0.3) is 0 Å². The van der Waals surface area contributed by atoms with Crippen LogP contribution in [0.1, 0.15) is 11.1 Å². The zero-order chi connectivity index (χ0) is 28.0. The summed E-state index contributed by atoms with van der Waals surface area (Å²) in [5, 5.41) is 3.33. The predicted molar refractivity (Wildman–Crippen MR) is 154 cm³/mol. The fraction of sp³-hybridized carbons (Fsp3) is 0.231. The average Bonchev–Trinajstić information content (AvgIpc) is 2.88. The molecule has 0 aliphatic carbocycles. The second kappa shape index (κ2) is 13.0. The van der Waals surface area contributed by atoms with Crippen LogP contribution in [0.15, 0.2) is 66.7 Å². The molecule has 0 saturated carbocycles. The molecule has 1 N–H and O–H groups in total. The second-order valence-electron chi connectivity index (χ2n) is 8.43. The molecule has 3 aromatic rings. The third-order valence-corrected chi connectivity index (χ3v) is 8.41. The minimum atomic E-state index is -3.98. The van der Waals surface area contributed by atoms with Gasteiger partial charge in [0.15, 0.2) is 0 Å². The molecule has 1 atom stereocenters. The van der Waals surface area contributed by atoms with Gasteiger partial charge in [-0.25, -0.2) is 8.42 Å². The van der Waals surface area contributed by atoms with E-state index in [1.54, 1.807) is 18.2 Å². The largest absolute Gasteiger partial charge is 0.357 e. The third-order valence-electron chi connectivity index (χ3n) is 5.73.